The van der Waals surface area contributed by atoms with Crippen molar-refractivity contribution in [2.24, 2.45) is 0 Å². The molecule has 5 rings (SSSR count). The number of halogens is 5. The van der Waals surface area contributed by atoms with E-state index in [1.807, 2.05) is 0 Å². The Kier molecular flexibility index (Phi) is 6.49. The van der Waals surface area contributed by atoms with Gasteiger partial charge in [-0.2, -0.15) is 13.2 Å². The minimum atomic E-state index is -4.94. The first-order chi connectivity index (χ1) is 17.9. The largest absolute Gasteiger partial charge is 0.417 e. The van der Waals surface area contributed by atoms with Crippen molar-refractivity contribution in [3.63, 3.8) is 0 Å². The molecule has 0 saturated carbocycles. The Labute approximate surface area is 224 Å². The average Bonchev–Trinajstić information content (AvgIpc) is 3.34. The van der Waals surface area contributed by atoms with E-state index in [0.29, 0.717) is 10.0 Å². The van der Waals surface area contributed by atoms with Crippen LogP contribution in [0.3, 0.4) is 0 Å². The van der Waals surface area contributed by atoms with Crippen LogP contribution in [0.25, 0.3) is 11.0 Å². The molecule has 13 heteroatoms. The molecule has 0 N–H and O–H groups in total. The minimum Gasteiger partial charge on any atom is -0.274 e. The first kappa shape index (κ1) is 26.2. The normalized spacial score (nSPS) is 14.0. The van der Waals surface area contributed by atoms with Gasteiger partial charge in [0.25, 0.3) is 21.8 Å². The lowest BCUT2D eigenvalue weighted by Gasteiger charge is -2.16. The Bertz CT molecular complexity index is 1700. The number of carbonyl (C=O) groups excluding carboxylic acids is 2. The predicted molar refractivity (Wildman–Crippen MR) is 134 cm³/mol. The first-order valence-corrected chi connectivity index (χ1v) is 13.3. The van der Waals surface area contributed by atoms with E-state index in [4.69, 9.17) is 23.2 Å². The third kappa shape index (κ3) is 4.34. The number of aryl methyl sites for hydroxylation is 1. The Morgan fingerprint density at radius 1 is 0.868 bits per heavy atom. The third-order valence-corrected chi connectivity index (χ3v) is 8.61. The van der Waals surface area contributed by atoms with Crippen LogP contribution in [0.1, 0.15) is 38.5 Å². The number of carbonyl (C=O) groups is 2. The molecule has 0 fully saturated rings. The maximum absolute atomic E-state index is 13.7. The lowest BCUT2D eigenvalue weighted by molar-refractivity contribution is -0.139. The van der Waals surface area contributed by atoms with Crippen LogP contribution in [-0.4, -0.2) is 40.6 Å². The van der Waals surface area contributed by atoms with Crippen molar-refractivity contribution in [1.29, 1.82) is 0 Å². The van der Waals surface area contributed by atoms with E-state index < -0.39 is 38.5 Å². The number of imide groups is 1. The van der Waals surface area contributed by atoms with Crippen LogP contribution in [-0.2, 0) is 22.6 Å². The highest BCUT2D eigenvalue weighted by Crippen LogP contribution is 2.37. The molecule has 38 heavy (non-hydrogen) atoms. The minimum absolute atomic E-state index is 0.0165. The van der Waals surface area contributed by atoms with Gasteiger partial charge in [-0.15, -0.1) is 0 Å². The van der Waals surface area contributed by atoms with Crippen molar-refractivity contribution in [3.05, 3.63) is 93.2 Å². The highest BCUT2D eigenvalue weighted by atomic mass is 35.5. The number of aromatic nitrogens is 2. The van der Waals surface area contributed by atoms with Crippen LogP contribution in [0, 0.1) is 0 Å². The van der Waals surface area contributed by atoms with Crippen molar-refractivity contribution in [3.8, 4) is 0 Å². The molecule has 0 saturated heterocycles. The summed E-state index contributed by atoms with van der Waals surface area (Å²) in [6, 6.07) is 12.7. The van der Waals surface area contributed by atoms with Gasteiger partial charge in [0.15, 0.2) is 0 Å². The number of nitrogens with zero attached hydrogens (tertiary/aromatic N) is 3. The fourth-order valence-electron chi connectivity index (χ4n) is 4.39. The molecule has 7 nitrogen and oxygen atoms in total. The second-order valence-electron chi connectivity index (χ2n) is 8.46. The lowest BCUT2D eigenvalue weighted by atomic mass is 10.1. The Morgan fingerprint density at radius 3 is 2.08 bits per heavy atom. The summed E-state index contributed by atoms with van der Waals surface area (Å²) in [7, 11) is -4.83. The highest BCUT2D eigenvalue weighted by Gasteiger charge is 2.39. The summed E-state index contributed by atoms with van der Waals surface area (Å²) in [5.74, 6) is -1.07. The molecule has 2 amide bonds. The number of amides is 2. The van der Waals surface area contributed by atoms with E-state index in [2.05, 4.69) is 4.98 Å². The fraction of sp³-hybridized carbons (Fsp3) is 0.160. The molecule has 1 aliphatic heterocycles. The Hall–Kier alpha value is -3.41. The zero-order chi connectivity index (χ0) is 27.4. The topological polar surface area (TPSA) is 89.3 Å². The van der Waals surface area contributed by atoms with Gasteiger partial charge in [0.1, 0.15) is 10.7 Å². The summed E-state index contributed by atoms with van der Waals surface area (Å²) in [6.07, 6.45) is -4.94. The van der Waals surface area contributed by atoms with Crippen LogP contribution < -0.4 is 0 Å². The van der Waals surface area contributed by atoms with E-state index in [1.165, 1.54) is 30.3 Å². The van der Waals surface area contributed by atoms with Crippen molar-refractivity contribution in [2.75, 3.05) is 6.54 Å². The lowest BCUT2D eigenvalue weighted by Crippen LogP contribution is -2.31. The van der Waals surface area contributed by atoms with Crippen molar-refractivity contribution < 1.29 is 31.2 Å². The summed E-state index contributed by atoms with van der Waals surface area (Å²) in [5.41, 5.74) is -0.769. The van der Waals surface area contributed by atoms with Crippen molar-refractivity contribution in [1.82, 2.24) is 13.9 Å². The molecule has 0 spiro atoms. The molecule has 0 aliphatic carbocycles. The smallest absolute Gasteiger partial charge is 0.274 e. The summed E-state index contributed by atoms with van der Waals surface area (Å²) in [5, 5.41) is 0.0617. The van der Waals surface area contributed by atoms with Gasteiger partial charge in [0.2, 0.25) is 0 Å². The first-order valence-electron chi connectivity index (χ1n) is 11.1. The van der Waals surface area contributed by atoms with Crippen molar-refractivity contribution >= 4 is 56.1 Å². The quantitative estimate of drug-likeness (QED) is 0.267. The van der Waals surface area contributed by atoms with E-state index in [1.54, 1.807) is 12.1 Å². The number of hydrogen-bond acceptors (Lipinski definition) is 5. The van der Waals surface area contributed by atoms with Gasteiger partial charge < -0.3 is 0 Å². The fourth-order valence-corrected chi connectivity index (χ4v) is 6.43. The van der Waals surface area contributed by atoms with E-state index in [-0.39, 0.29) is 57.4 Å². The van der Waals surface area contributed by atoms with Gasteiger partial charge in [-0.05, 0) is 42.8 Å². The molecule has 3 aromatic carbocycles. The van der Waals surface area contributed by atoms with Gasteiger partial charge in [-0.1, -0.05) is 47.5 Å². The number of alkyl halides is 3. The van der Waals surface area contributed by atoms with Gasteiger partial charge >= 0.3 is 6.18 Å². The standard InChI is InChI=1S/C25H16Cl2F3N3O4S/c26-17-12-19-20(13-18(17)27)33(38(36,37)21-9-4-3-8-16(21)25(28,29)30)22(31-19)10-5-11-32-23(34)14-6-1-2-7-15(14)24(32)35/h1-4,6-9,12-13H,5,10-11H2. The van der Waals surface area contributed by atoms with E-state index in [9.17, 15) is 31.2 Å². The van der Waals surface area contributed by atoms with Crippen LogP contribution in [0.2, 0.25) is 10.0 Å². The summed E-state index contributed by atoms with van der Waals surface area (Å²) < 4.78 is 69.2. The predicted octanol–water partition coefficient (Wildman–Crippen LogP) is 5.83. The number of imidazole rings is 1. The maximum Gasteiger partial charge on any atom is 0.417 e. The van der Waals surface area contributed by atoms with Gasteiger partial charge in [-0.25, -0.2) is 17.4 Å². The van der Waals surface area contributed by atoms with Gasteiger partial charge in [0.05, 0.1) is 37.8 Å². The molecule has 196 valence electrons. The molecule has 0 unspecified atom stereocenters. The van der Waals surface area contributed by atoms with Crippen LogP contribution >= 0.6 is 23.2 Å². The van der Waals surface area contributed by atoms with Gasteiger partial charge in [-0.3, -0.25) is 14.5 Å². The van der Waals surface area contributed by atoms with Crippen LogP contribution in [0.15, 0.2) is 65.6 Å². The number of benzene rings is 3. The van der Waals surface area contributed by atoms with Crippen LogP contribution in [0.5, 0.6) is 0 Å². The Balaban J connectivity index is 1.54. The van der Waals surface area contributed by atoms with E-state index in [0.717, 1.165) is 17.0 Å². The zero-order valence-corrected chi connectivity index (χ0v) is 21.5. The monoisotopic (exact) mass is 581 g/mol. The molecule has 4 aromatic rings. The molecule has 0 radical (unpaired) electrons. The molecule has 1 aromatic heterocycles. The highest BCUT2D eigenvalue weighted by molar-refractivity contribution is 7.90. The molecule has 0 bridgehead atoms. The third-order valence-electron chi connectivity index (χ3n) is 6.09. The van der Waals surface area contributed by atoms with Gasteiger partial charge in [0, 0.05) is 13.0 Å². The molecule has 2 heterocycles. The Morgan fingerprint density at radius 2 is 1.45 bits per heavy atom. The molecule has 0 atom stereocenters. The summed E-state index contributed by atoms with van der Waals surface area (Å²) >= 11 is 12.2. The molecular weight excluding hydrogens is 566 g/mol. The number of rotatable bonds is 6. The number of fused-ring (bicyclic) bond motifs is 2. The molecular formula is C25H16Cl2F3N3O4S. The summed E-state index contributed by atoms with van der Waals surface area (Å²) in [4.78, 5) is 29.7. The van der Waals surface area contributed by atoms with E-state index >= 15 is 0 Å². The zero-order valence-electron chi connectivity index (χ0n) is 19.2. The second kappa shape index (κ2) is 9.40. The molecule has 1 aliphatic rings. The number of hydrogen-bond donors (Lipinski definition) is 0. The SMILES string of the molecule is O=C1c2ccccc2C(=O)N1CCCc1nc2cc(Cl)c(Cl)cc2n1S(=O)(=O)c1ccccc1C(F)(F)F. The maximum atomic E-state index is 13.7. The van der Waals surface area contributed by atoms with Crippen LogP contribution in [0.4, 0.5) is 13.2 Å². The van der Waals surface area contributed by atoms with Crippen molar-refractivity contribution in [2.45, 2.75) is 23.9 Å². The average molecular weight is 582 g/mol. The summed E-state index contributed by atoms with van der Waals surface area (Å²) in [6.45, 7) is -0.0593. The second-order valence-corrected chi connectivity index (χ2v) is 11.0.